The Hall–Kier alpha value is -2.56. The van der Waals surface area contributed by atoms with Gasteiger partial charge in [-0.1, -0.05) is 58.4 Å². The lowest BCUT2D eigenvalue weighted by Crippen LogP contribution is -2.20. The Balaban J connectivity index is 1.68. The van der Waals surface area contributed by atoms with Gasteiger partial charge in [0.2, 0.25) is 0 Å². The van der Waals surface area contributed by atoms with Crippen LogP contribution in [0, 0.1) is 0 Å². The Morgan fingerprint density at radius 1 is 0.903 bits per heavy atom. The molecule has 154 valence electrons. The standard InChI is InChI=1S/C27H22BrNOS/c1-31-23-13-11-22(12-14-23)29-25(19-7-9-21(28)10-8-19)17-24-26(29)15-20(16-27(24)30)18-5-3-2-4-6-18/h2-14,17,20H,15-16H2,1H3/t20-/m1/s1. The van der Waals surface area contributed by atoms with Crippen molar-refractivity contribution in [3.05, 3.63) is 106 Å². The number of hydrogen-bond donors (Lipinski definition) is 0. The van der Waals surface area contributed by atoms with Crippen molar-refractivity contribution in [1.29, 1.82) is 0 Å². The number of nitrogens with zero attached hydrogens (tertiary/aromatic N) is 1. The minimum atomic E-state index is 0.207. The highest BCUT2D eigenvalue weighted by atomic mass is 79.9. The van der Waals surface area contributed by atoms with Crippen LogP contribution in [0.5, 0.6) is 0 Å². The Kier molecular flexibility index (Phi) is 5.59. The first-order chi connectivity index (χ1) is 15.1. The number of thioether (sulfide) groups is 1. The smallest absolute Gasteiger partial charge is 0.165 e. The maximum absolute atomic E-state index is 13.2. The van der Waals surface area contributed by atoms with Gasteiger partial charge in [0, 0.05) is 32.7 Å². The third-order valence-corrected chi connectivity index (χ3v) is 7.29. The Labute approximate surface area is 195 Å². The second-order valence-electron chi connectivity index (χ2n) is 7.87. The normalized spacial score (nSPS) is 15.7. The summed E-state index contributed by atoms with van der Waals surface area (Å²) in [5.74, 6) is 0.436. The first kappa shape index (κ1) is 20.3. The summed E-state index contributed by atoms with van der Waals surface area (Å²) in [7, 11) is 0. The molecule has 2 nitrogen and oxygen atoms in total. The number of halogens is 1. The molecule has 0 fully saturated rings. The average Bonchev–Trinajstić information content (AvgIpc) is 3.20. The molecule has 0 spiro atoms. The summed E-state index contributed by atoms with van der Waals surface area (Å²) < 4.78 is 3.33. The van der Waals surface area contributed by atoms with E-state index in [2.05, 4.69) is 106 Å². The summed E-state index contributed by atoms with van der Waals surface area (Å²) in [5, 5.41) is 0. The Bertz CT molecular complexity index is 1230. The largest absolute Gasteiger partial charge is 0.313 e. The van der Waals surface area contributed by atoms with Gasteiger partial charge in [-0.2, -0.15) is 0 Å². The third kappa shape index (κ3) is 3.90. The van der Waals surface area contributed by atoms with E-state index in [9.17, 15) is 4.79 Å². The van der Waals surface area contributed by atoms with Gasteiger partial charge in [0.15, 0.2) is 5.78 Å². The number of rotatable bonds is 4. The number of carbonyl (C=O) groups is 1. The molecule has 5 rings (SSSR count). The number of aromatic nitrogens is 1. The Morgan fingerprint density at radius 3 is 2.29 bits per heavy atom. The number of ketones is 1. The van der Waals surface area contributed by atoms with Gasteiger partial charge in [-0.15, -0.1) is 11.8 Å². The lowest BCUT2D eigenvalue weighted by molar-refractivity contribution is 0.0963. The zero-order valence-corrected chi connectivity index (χ0v) is 19.6. The maximum Gasteiger partial charge on any atom is 0.165 e. The minimum Gasteiger partial charge on any atom is -0.313 e. The number of fused-ring (bicyclic) bond motifs is 1. The average molecular weight is 488 g/mol. The SMILES string of the molecule is CSc1ccc(-n2c(-c3ccc(Br)cc3)cc3c2C[C@@H](c2ccccc2)CC3=O)cc1. The van der Waals surface area contributed by atoms with E-state index in [1.807, 2.05) is 6.07 Å². The summed E-state index contributed by atoms with van der Waals surface area (Å²) in [5.41, 5.74) is 6.47. The molecule has 0 radical (unpaired) electrons. The highest BCUT2D eigenvalue weighted by Gasteiger charge is 2.31. The second-order valence-corrected chi connectivity index (χ2v) is 9.66. The highest BCUT2D eigenvalue weighted by Crippen LogP contribution is 2.39. The van der Waals surface area contributed by atoms with E-state index in [0.717, 1.165) is 39.1 Å². The zero-order chi connectivity index (χ0) is 21.4. The van der Waals surface area contributed by atoms with E-state index >= 15 is 0 Å². The molecule has 0 aliphatic heterocycles. The van der Waals surface area contributed by atoms with Crippen molar-refractivity contribution >= 4 is 33.5 Å². The fourth-order valence-electron chi connectivity index (χ4n) is 4.45. The molecule has 0 amide bonds. The fourth-order valence-corrected chi connectivity index (χ4v) is 5.13. The predicted octanol–water partition coefficient (Wildman–Crippen LogP) is 7.54. The minimum absolute atomic E-state index is 0.207. The molecule has 0 saturated heterocycles. The molecule has 1 aliphatic carbocycles. The summed E-state index contributed by atoms with van der Waals surface area (Å²) in [4.78, 5) is 14.5. The zero-order valence-electron chi connectivity index (χ0n) is 17.2. The van der Waals surface area contributed by atoms with Crippen molar-refractivity contribution in [2.24, 2.45) is 0 Å². The fraction of sp³-hybridized carbons (Fsp3) is 0.148. The molecule has 3 aromatic carbocycles. The summed E-state index contributed by atoms with van der Waals surface area (Å²) in [6.45, 7) is 0. The monoisotopic (exact) mass is 487 g/mol. The molecule has 0 saturated carbocycles. The van der Waals surface area contributed by atoms with Gasteiger partial charge in [-0.3, -0.25) is 4.79 Å². The van der Waals surface area contributed by atoms with E-state index in [0.29, 0.717) is 6.42 Å². The van der Waals surface area contributed by atoms with Crippen LogP contribution in [0.1, 0.15) is 34.0 Å². The van der Waals surface area contributed by atoms with Crippen LogP contribution < -0.4 is 0 Å². The highest BCUT2D eigenvalue weighted by molar-refractivity contribution is 9.10. The van der Waals surface area contributed by atoms with Crippen LogP contribution in [0.25, 0.3) is 16.9 Å². The number of Topliss-reactive ketones (excluding diaryl/α,β-unsaturated/α-hetero) is 1. The molecule has 1 heterocycles. The number of hydrogen-bond acceptors (Lipinski definition) is 2. The molecular formula is C27H22BrNOS. The molecule has 31 heavy (non-hydrogen) atoms. The Morgan fingerprint density at radius 2 is 1.61 bits per heavy atom. The number of benzene rings is 3. The van der Waals surface area contributed by atoms with Gasteiger partial charge in [-0.05, 0) is 72.2 Å². The van der Waals surface area contributed by atoms with Crippen LogP contribution in [0.15, 0.2) is 94.3 Å². The van der Waals surface area contributed by atoms with Gasteiger partial charge in [0.25, 0.3) is 0 Å². The van der Waals surface area contributed by atoms with Gasteiger partial charge < -0.3 is 4.57 Å². The van der Waals surface area contributed by atoms with Crippen molar-refractivity contribution in [1.82, 2.24) is 4.57 Å². The van der Waals surface area contributed by atoms with E-state index < -0.39 is 0 Å². The molecule has 1 aromatic heterocycles. The van der Waals surface area contributed by atoms with Gasteiger partial charge in [0.1, 0.15) is 0 Å². The molecule has 0 N–H and O–H groups in total. The van der Waals surface area contributed by atoms with Crippen molar-refractivity contribution in [3.8, 4) is 16.9 Å². The lowest BCUT2D eigenvalue weighted by Gasteiger charge is -2.24. The first-order valence-corrected chi connectivity index (χ1v) is 12.4. The first-order valence-electron chi connectivity index (χ1n) is 10.4. The second kappa shape index (κ2) is 8.52. The molecule has 0 unspecified atom stereocenters. The molecule has 0 bridgehead atoms. The summed E-state index contributed by atoms with van der Waals surface area (Å²) >= 11 is 5.27. The topological polar surface area (TPSA) is 22.0 Å². The maximum atomic E-state index is 13.2. The quantitative estimate of drug-likeness (QED) is 0.277. The van der Waals surface area contributed by atoms with Crippen LogP contribution in [-0.2, 0) is 6.42 Å². The van der Waals surface area contributed by atoms with Crippen molar-refractivity contribution < 1.29 is 4.79 Å². The van der Waals surface area contributed by atoms with Crippen molar-refractivity contribution in [2.75, 3.05) is 6.26 Å². The van der Waals surface area contributed by atoms with Crippen LogP contribution in [0.4, 0.5) is 0 Å². The van der Waals surface area contributed by atoms with Crippen LogP contribution in [-0.4, -0.2) is 16.6 Å². The number of carbonyl (C=O) groups excluding carboxylic acids is 1. The van der Waals surface area contributed by atoms with Gasteiger partial charge in [-0.25, -0.2) is 0 Å². The van der Waals surface area contributed by atoms with E-state index in [1.54, 1.807) is 11.8 Å². The van der Waals surface area contributed by atoms with E-state index in [1.165, 1.54) is 10.5 Å². The molecule has 1 aliphatic rings. The van der Waals surface area contributed by atoms with Crippen molar-refractivity contribution in [3.63, 3.8) is 0 Å². The molecule has 4 aromatic rings. The van der Waals surface area contributed by atoms with Crippen molar-refractivity contribution in [2.45, 2.75) is 23.7 Å². The summed E-state index contributed by atoms with van der Waals surface area (Å²) in [6.07, 6.45) is 3.50. The van der Waals surface area contributed by atoms with Gasteiger partial charge >= 0.3 is 0 Å². The molecule has 1 atom stereocenters. The predicted molar refractivity (Wildman–Crippen MR) is 133 cm³/mol. The van der Waals surface area contributed by atoms with E-state index in [-0.39, 0.29) is 11.7 Å². The van der Waals surface area contributed by atoms with Gasteiger partial charge in [0.05, 0.1) is 5.69 Å². The van der Waals surface area contributed by atoms with Crippen LogP contribution >= 0.6 is 27.7 Å². The molecular weight excluding hydrogens is 466 g/mol. The molecule has 4 heteroatoms. The van der Waals surface area contributed by atoms with E-state index in [4.69, 9.17) is 0 Å². The van der Waals surface area contributed by atoms with Crippen LogP contribution in [0.2, 0.25) is 0 Å². The van der Waals surface area contributed by atoms with Crippen LogP contribution in [0.3, 0.4) is 0 Å². The third-order valence-electron chi connectivity index (χ3n) is 6.02. The lowest BCUT2D eigenvalue weighted by atomic mass is 9.82. The summed E-state index contributed by atoms with van der Waals surface area (Å²) in [6, 6.07) is 29.4.